The van der Waals surface area contributed by atoms with Crippen LogP contribution < -0.4 is 5.32 Å². The number of hydrogen-bond donors (Lipinski definition) is 1. The summed E-state index contributed by atoms with van der Waals surface area (Å²) in [6.07, 6.45) is 1.68. The van der Waals surface area contributed by atoms with Crippen molar-refractivity contribution in [3.05, 3.63) is 71.2 Å². The van der Waals surface area contributed by atoms with Crippen LogP contribution in [0.4, 0.5) is 5.82 Å². The predicted octanol–water partition coefficient (Wildman–Crippen LogP) is 3.44. The maximum absolute atomic E-state index is 12.6. The highest BCUT2D eigenvalue weighted by Crippen LogP contribution is 2.19. The second kappa shape index (κ2) is 6.04. The summed E-state index contributed by atoms with van der Waals surface area (Å²) in [4.78, 5) is 16.8. The molecule has 0 radical (unpaired) electrons. The molecule has 0 aliphatic rings. The Morgan fingerprint density at radius 3 is 2.52 bits per heavy atom. The van der Waals surface area contributed by atoms with Crippen molar-refractivity contribution in [2.75, 3.05) is 5.32 Å². The summed E-state index contributed by atoms with van der Waals surface area (Å²) in [5.41, 5.74) is 4.05. The highest BCUT2D eigenvalue weighted by atomic mass is 16.1. The Labute approximate surface area is 135 Å². The number of anilines is 1. The van der Waals surface area contributed by atoms with Crippen LogP contribution in [-0.2, 0) is 0 Å². The minimum Gasteiger partial charge on any atom is -0.306 e. The van der Waals surface area contributed by atoms with Crippen LogP contribution in [0.25, 0.3) is 5.69 Å². The average molecular weight is 306 g/mol. The molecule has 0 aliphatic heterocycles. The first kappa shape index (κ1) is 15.0. The zero-order chi connectivity index (χ0) is 16.4. The second-order valence-electron chi connectivity index (χ2n) is 5.47. The van der Waals surface area contributed by atoms with Gasteiger partial charge >= 0.3 is 0 Å². The fourth-order valence-corrected chi connectivity index (χ4v) is 2.58. The van der Waals surface area contributed by atoms with Gasteiger partial charge in [0.1, 0.15) is 5.82 Å². The number of benzene rings is 1. The molecule has 3 aromatic rings. The molecule has 1 aromatic carbocycles. The van der Waals surface area contributed by atoms with E-state index in [1.165, 1.54) is 0 Å². The van der Waals surface area contributed by atoms with Crippen LogP contribution in [0.1, 0.15) is 27.3 Å². The lowest BCUT2D eigenvalue weighted by Gasteiger charge is -2.06. The van der Waals surface area contributed by atoms with Gasteiger partial charge in [-0.1, -0.05) is 18.2 Å². The summed E-state index contributed by atoms with van der Waals surface area (Å²) in [5.74, 6) is 0.349. The smallest absolute Gasteiger partial charge is 0.260 e. The van der Waals surface area contributed by atoms with Gasteiger partial charge < -0.3 is 5.32 Å². The molecular formula is C18H18N4O. The molecule has 0 bridgehead atoms. The van der Waals surface area contributed by atoms with Crippen molar-refractivity contribution >= 4 is 11.7 Å². The van der Waals surface area contributed by atoms with E-state index in [4.69, 9.17) is 0 Å². The monoisotopic (exact) mass is 306 g/mol. The van der Waals surface area contributed by atoms with Gasteiger partial charge in [0, 0.05) is 6.20 Å². The number of amides is 1. The highest BCUT2D eigenvalue weighted by molar-refractivity contribution is 6.05. The molecular weight excluding hydrogens is 288 g/mol. The van der Waals surface area contributed by atoms with E-state index in [1.807, 2.05) is 63.2 Å². The van der Waals surface area contributed by atoms with Crippen molar-refractivity contribution in [2.24, 2.45) is 0 Å². The maximum Gasteiger partial charge on any atom is 0.260 e. The van der Waals surface area contributed by atoms with Crippen molar-refractivity contribution in [2.45, 2.75) is 20.8 Å². The normalized spacial score (nSPS) is 10.6. The third-order valence-electron chi connectivity index (χ3n) is 3.68. The standard InChI is InChI=1S/C18H18N4O/c1-12-9-10-19-16(11-12)20-18(23)17-13(2)21-22(14(17)3)15-7-5-4-6-8-15/h4-11H,1-3H3,(H,19,20,23). The summed E-state index contributed by atoms with van der Waals surface area (Å²) in [6, 6.07) is 13.5. The van der Waals surface area contributed by atoms with E-state index in [0.717, 1.165) is 16.9 Å². The molecule has 0 saturated carbocycles. The summed E-state index contributed by atoms with van der Waals surface area (Å²) in [6.45, 7) is 5.69. The van der Waals surface area contributed by atoms with Gasteiger partial charge in [-0.25, -0.2) is 9.67 Å². The largest absolute Gasteiger partial charge is 0.306 e. The molecule has 0 saturated heterocycles. The Balaban J connectivity index is 1.94. The third kappa shape index (κ3) is 2.99. The van der Waals surface area contributed by atoms with Gasteiger partial charge in [0.2, 0.25) is 0 Å². The average Bonchev–Trinajstić information content (AvgIpc) is 2.83. The number of hydrogen-bond acceptors (Lipinski definition) is 3. The molecule has 0 spiro atoms. The van der Waals surface area contributed by atoms with Crippen molar-refractivity contribution in [3.8, 4) is 5.69 Å². The Bertz CT molecular complexity index is 853. The number of pyridine rings is 1. The predicted molar refractivity (Wildman–Crippen MR) is 90.0 cm³/mol. The summed E-state index contributed by atoms with van der Waals surface area (Å²) >= 11 is 0. The summed E-state index contributed by atoms with van der Waals surface area (Å²) in [5, 5.41) is 7.34. The number of carbonyl (C=O) groups is 1. The lowest BCUT2D eigenvalue weighted by atomic mass is 10.2. The molecule has 5 heteroatoms. The van der Waals surface area contributed by atoms with Gasteiger partial charge in [-0.15, -0.1) is 0 Å². The molecule has 1 amide bonds. The van der Waals surface area contributed by atoms with E-state index in [1.54, 1.807) is 10.9 Å². The first-order valence-corrected chi connectivity index (χ1v) is 7.42. The third-order valence-corrected chi connectivity index (χ3v) is 3.68. The van der Waals surface area contributed by atoms with Crippen LogP contribution in [-0.4, -0.2) is 20.7 Å². The lowest BCUT2D eigenvalue weighted by molar-refractivity contribution is 0.102. The van der Waals surface area contributed by atoms with Gasteiger partial charge in [-0.05, 0) is 50.6 Å². The minimum atomic E-state index is -0.194. The number of aryl methyl sites for hydroxylation is 2. The van der Waals surface area contributed by atoms with E-state index in [9.17, 15) is 4.79 Å². The fourth-order valence-electron chi connectivity index (χ4n) is 2.58. The lowest BCUT2D eigenvalue weighted by Crippen LogP contribution is -2.15. The molecule has 2 heterocycles. The highest BCUT2D eigenvalue weighted by Gasteiger charge is 2.19. The quantitative estimate of drug-likeness (QED) is 0.806. The molecule has 1 N–H and O–H groups in total. The Hall–Kier alpha value is -2.95. The minimum absolute atomic E-state index is 0.194. The van der Waals surface area contributed by atoms with Crippen LogP contribution in [0.5, 0.6) is 0 Å². The topological polar surface area (TPSA) is 59.8 Å². The fraction of sp³-hybridized carbons (Fsp3) is 0.167. The number of rotatable bonds is 3. The molecule has 0 fully saturated rings. The van der Waals surface area contributed by atoms with Crippen molar-refractivity contribution in [1.82, 2.24) is 14.8 Å². The van der Waals surface area contributed by atoms with Crippen LogP contribution in [0, 0.1) is 20.8 Å². The Morgan fingerprint density at radius 1 is 1.09 bits per heavy atom. The first-order valence-electron chi connectivity index (χ1n) is 7.42. The van der Waals surface area contributed by atoms with Gasteiger partial charge in [-0.2, -0.15) is 5.10 Å². The molecule has 0 aliphatic carbocycles. The van der Waals surface area contributed by atoms with E-state index in [-0.39, 0.29) is 5.91 Å². The Kier molecular flexibility index (Phi) is 3.93. The molecule has 2 aromatic heterocycles. The van der Waals surface area contributed by atoms with Gasteiger partial charge in [0.05, 0.1) is 22.6 Å². The van der Waals surface area contributed by atoms with Gasteiger partial charge in [-0.3, -0.25) is 4.79 Å². The number of nitrogens with zero attached hydrogens (tertiary/aromatic N) is 3. The SMILES string of the molecule is Cc1ccnc(NC(=O)c2c(C)nn(-c3ccccc3)c2C)c1. The number of aromatic nitrogens is 3. The van der Waals surface area contributed by atoms with E-state index < -0.39 is 0 Å². The number of para-hydroxylation sites is 1. The van der Waals surface area contributed by atoms with Crippen LogP contribution >= 0.6 is 0 Å². The summed E-state index contributed by atoms with van der Waals surface area (Å²) < 4.78 is 1.79. The molecule has 23 heavy (non-hydrogen) atoms. The Morgan fingerprint density at radius 2 is 1.83 bits per heavy atom. The zero-order valence-corrected chi connectivity index (χ0v) is 13.4. The number of carbonyl (C=O) groups excluding carboxylic acids is 1. The summed E-state index contributed by atoms with van der Waals surface area (Å²) in [7, 11) is 0. The molecule has 0 atom stereocenters. The van der Waals surface area contributed by atoms with Crippen molar-refractivity contribution in [1.29, 1.82) is 0 Å². The van der Waals surface area contributed by atoms with E-state index >= 15 is 0 Å². The molecule has 3 rings (SSSR count). The second-order valence-corrected chi connectivity index (χ2v) is 5.47. The van der Waals surface area contributed by atoms with E-state index in [0.29, 0.717) is 17.1 Å². The van der Waals surface area contributed by atoms with Gasteiger partial charge in [0.25, 0.3) is 5.91 Å². The first-order chi connectivity index (χ1) is 11.1. The van der Waals surface area contributed by atoms with Crippen LogP contribution in [0.15, 0.2) is 48.7 Å². The van der Waals surface area contributed by atoms with Crippen molar-refractivity contribution < 1.29 is 4.79 Å². The van der Waals surface area contributed by atoms with Crippen LogP contribution in [0.2, 0.25) is 0 Å². The molecule has 0 unspecified atom stereocenters. The van der Waals surface area contributed by atoms with Crippen molar-refractivity contribution in [3.63, 3.8) is 0 Å². The maximum atomic E-state index is 12.6. The molecule has 5 nitrogen and oxygen atoms in total. The van der Waals surface area contributed by atoms with Gasteiger partial charge in [0.15, 0.2) is 0 Å². The van der Waals surface area contributed by atoms with E-state index in [2.05, 4.69) is 15.4 Å². The molecule has 116 valence electrons. The zero-order valence-electron chi connectivity index (χ0n) is 13.4. The van der Waals surface area contributed by atoms with Crippen LogP contribution in [0.3, 0.4) is 0 Å². The number of nitrogens with one attached hydrogen (secondary N) is 1.